The van der Waals surface area contributed by atoms with Gasteiger partial charge in [0.05, 0.1) is 11.9 Å². The van der Waals surface area contributed by atoms with E-state index in [4.69, 9.17) is 0 Å². The molecule has 1 heterocycles. The van der Waals surface area contributed by atoms with Gasteiger partial charge in [-0.05, 0) is 30.7 Å². The largest absolute Gasteiger partial charge is 0.378 e. The Hall–Kier alpha value is -1.45. The summed E-state index contributed by atoms with van der Waals surface area (Å²) in [6, 6.07) is 15.7. The van der Waals surface area contributed by atoms with Crippen LogP contribution >= 0.6 is 11.8 Å². The Balaban J connectivity index is 1.89. The van der Waals surface area contributed by atoms with Gasteiger partial charge in [-0.3, -0.25) is 4.90 Å². The van der Waals surface area contributed by atoms with Gasteiger partial charge in [0.1, 0.15) is 5.69 Å². The van der Waals surface area contributed by atoms with Crippen molar-refractivity contribution in [3.8, 4) is 0 Å². The number of fused-ring (bicyclic) bond motifs is 1. The highest BCUT2D eigenvalue weighted by molar-refractivity contribution is 7.99. The molecule has 0 bridgehead atoms. The molecule has 0 aromatic heterocycles. The van der Waals surface area contributed by atoms with Crippen LogP contribution in [-0.2, 0) is 0 Å². The molecule has 2 atom stereocenters. The molecule has 3 rings (SSSR count). The van der Waals surface area contributed by atoms with Gasteiger partial charge in [-0.1, -0.05) is 30.0 Å². The Kier molecular flexibility index (Phi) is 3.48. The first-order valence-corrected chi connectivity index (χ1v) is 7.82. The first-order valence-electron chi connectivity index (χ1n) is 6.94. The van der Waals surface area contributed by atoms with E-state index in [0.29, 0.717) is 5.37 Å². The van der Waals surface area contributed by atoms with E-state index in [1.165, 1.54) is 32.3 Å². The molecule has 0 fully saturated rings. The number of hydrogen-bond acceptors (Lipinski definition) is 2. The van der Waals surface area contributed by atoms with Crippen LogP contribution in [0.25, 0.3) is 0 Å². The van der Waals surface area contributed by atoms with Crippen LogP contribution in [0.5, 0.6) is 0 Å². The fraction of sp³-hybridized carbons (Fsp3) is 0.294. The third-order valence-electron chi connectivity index (χ3n) is 3.91. The van der Waals surface area contributed by atoms with Gasteiger partial charge in [0.25, 0.3) is 0 Å². The Bertz CT molecular complexity index is 619. The summed E-state index contributed by atoms with van der Waals surface area (Å²) < 4.78 is 0. The second-order valence-corrected chi connectivity index (χ2v) is 6.81. The third kappa shape index (κ3) is 2.32. The highest BCUT2D eigenvalue weighted by Crippen LogP contribution is 2.41. The molecule has 1 aliphatic rings. The van der Waals surface area contributed by atoms with Gasteiger partial charge in [0.15, 0.2) is 5.37 Å². The predicted octanol–water partition coefficient (Wildman–Crippen LogP) is 3.01. The molecule has 3 heteroatoms. The number of nitrogens with zero attached hydrogens (tertiary/aromatic N) is 1. The molecule has 0 saturated carbocycles. The number of nitrogens with one attached hydrogen (secondary N) is 1. The summed E-state index contributed by atoms with van der Waals surface area (Å²) in [4.78, 5) is 5.03. The Morgan fingerprint density at radius 2 is 1.75 bits per heavy atom. The number of benzene rings is 2. The summed E-state index contributed by atoms with van der Waals surface area (Å²) in [5.74, 6) is 0. The maximum atomic E-state index is 2.30. The number of aryl methyl sites for hydroxylation is 1. The SMILES string of the molecule is Cc1ccc2c(c1)SC(c1ccc(N(C)C)cc1)[NH+]2C. The van der Waals surface area contributed by atoms with E-state index in [-0.39, 0.29) is 0 Å². The standard InChI is InChI=1S/C17H20N2S/c1-12-5-10-15-16(11-12)20-17(19(15)4)13-6-8-14(9-7-13)18(2)3/h5-11,17H,1-4H3/p+1. The fourth-order valence-corrected chi connectivity index (χ4v) is 4.14. The maximum absolute atomic E-state index is 2.30. The average molecular weight is 285 g/mol. The monoisotopic (exact) mass is 285 g/mol. The van der Waals surface area contributed by atoms with Crippen LogP contribution in [0.3, 0.4) is 0 Å². The van der Waals surface area contributed by atoms with Crippen molar-refractivity contribution in [2.24, 2.45) is 0 Å². The average Bonchev–Trinajstić information content (AvgIpc) is 2.75. The van der Waals surface area contributed by atoms with Crippen molar-refractivity contribution in [2.45, 2.75) is 17.2 Å². The maximum Gasteiger partial charge on any atom is 0.169 e. The first kappa shape index (κ1) is 13.5. The molecule has 0 aliphatic carbocycles. The molecule has 2 nitrogen and oxygen atoms in total. The lowest BCUT2D eigenvalue weighted by molar-refractivity contribution is -0.825. The Morgan fingerprint density at radius 3 is 2.40 bits per heavy atom. The van der Waals surface area contributed by atoms with Crippen LogP contribution in [0, 0.1) is 6.92 Å². The van der Waals surface area contributed by atoms with Crippen LogP contribution in [0.4, 0.5) is 11.4 Å². The van der Waals surface area contributed by atoms with Crippen molar-refractivity contribution in [3.05, 3.63) is 53.6 Å². The van der Waals surface area contributed by atoms with E-state index in [1.54, 1.807) is 0 Å². The van der Waals surface area contributed by atoms with E-state index in [1.807, 2.05) is 11.8 Å². The van der Waals surface area contributed by atoms with Crippen molar-refractivity contribution in [2.75, 3.05) is 26.0 Å². The highest BCUT2D eigenvalue weighted by Gasteiger charge is 2.33. The molecule has 0 radical (unpaired) electrons. The zero-order valence-corrected chi connectivity index (χ0v) is 13.3. The van der Waals surface area contributed by atoms with Crippen molar-refractivity contribution in [1.29, 1.82) is 0 Å². The van der Waals surface area contributed by atoms with Crippen LogP contribution in [-0.4, -0.2) is 21.1 Å². The minimum atomic E-state index is 0.461. The molecule has 104 valence electrons. The molecule has 2 aromatic carbocycles. The lowest BCUT2D eigenvalue weighted by Gasteiger charge is -2.18. The van der Waals surface area contributed by atoms with Gasteiger partial charge < -0.3 is 4.90 Å². The second kappa shape index (κ2) is 5.15. The van der Waals surface area contributed by atoms with Gasteiger partial charge in [-0.2, -0.15) is 0 Å². The smallest absolute Gasteiger partial charge is 0.169 e. The summed E-state index contributed by atoms with van der Waals surface area (Å²) in [5.41, 5.74) is 5.41. The lowest BCUT2D eigenvalue weighted by Crippen LogP contribution is -3.02. The van der Waals surface area contributed by atoms with E-state index < -0.39 is 0 Å². The fourth-order valence-electron chi connectivity index (χ4n) is 2.67. The number of anilines is 1. The Labute approximate surface area is 125 Å². The molecule has 2 unspecified atom stereocenters. The number of thioether (sulfide) groups is 1. The van der Waals surface area contributed by atoms with Crippen LogP contribution in [0.1, 0.15) is 16.5 Å². The molecule has 0 amide bonds. The van der Waals surface area contributed by atoms with E-state index in [0.717, 1.165) is 0 Å². The molecular formula is C17H21N2S+. The van der Waals surface area contributed by atoms with Crippen molar-refractivity contribution >= 4 is 23.1 Å². The normalized spacial score (nSPS) is 20.8. The van der Waals surface area contributed by atoms with Gasteiger partial charge in [0.2, 0.25) is 0 Å². The van der Waals surface area contributed by atoms with E-state index in [9.17, 15) is 0 Å². The van der Waals surface area contributed by atoms with Gasteiger partial charge >= 0.3 is 0 Å². The van der Waals surface area contributed by atoms with Gasteiger partial charge in [0, 0.05) is 31.4 Å². The zero-order valence-electron chi connectivity index (χ0n) is 12.5. The van der Waals surface area contributed by atoms with Crippen molar-refractivity contribution in [1.82, 2.24) is 0 Å². The molecule has 0 spiro atoms. The molecular weight excluding hydrogens is 264 g/mol. The lowest BCUT2D eigenvalue weighted by atomic mass is 10.1. The summed E-state index contributed by atoms with van der Waals surface area (Å²) >= 11 is 1.98. The number of rotatable bonds is 2. The summed E-state index contributed by atoms with van der Waals surface area (Å²) in [7, 11) is 6.42. The van der Waals surface area contributed by atoms with Crippen LogP contribution in [0.15, 0.2) is 47.4 Å². The van der Waals surface area contributed by atoms with Gasteiger partial charge in [-0.25, -0.2) is 0 Å². The number of hydrogen-bond donors (Lipinski definition) is 1. The molecule has 1 aliphatic heterocycles. The highest BCUT2D eigenvalue weighted by atomic mass is 32.2. The summed E-state index contributed by atoms with van der Waals surface area (Å²) in [6.07, 6.45) is 0. The Morgan fingerprint density at radius 1 is 1.05 bits per heavy atom. The van der Waals surface area contributed by atoms with Crippen LogP contribution < -0.4 is 9.80 Å². The second-order valence-electron chi connectivity index (χ2n) is 5.67. The molecule has 2 aromatic rings. The van der Waals surface area contributed by atoms with Gasteiger partial charge in [-0.15, -0.1) is 0 Å². The molecule has 0 saturated heterocycles. The molecule has 20 heavy (non-hydrogen) atoms. The van der Waals surface area contributed by atoms with E-state index in [2.05, 4.69) is 75.4 Å². The minimum Gasteiger partial charge on any atom is -0.378 e. The summed E-state index contributed by atoms with van der Waals surface area (Å²) in [6.45, 7) is 2.16. The number of quaternary nitrogens is 1. The van der Waals surface area contributed by atoms with Crippen molar-refractivity contribution in [3.63, 3.8) is 0 Å². The summed E-state index contributed by atoms with van der Waals surface area (Å²) in [5, 5.41) is 0.461. The van der Waals surface area contributed by atoms with E-state index >= 15 is 0 Å². The first-order chi connectivity index (χ1) is 9.56. The topological polar surface area (TPSA) is 7.68 Å². The molecule has 1 N–H and O–H groups in total. The van der Waals surface area contributed by atoms with Crippen LogP contribution in [0.2, 0.25) is 0 Å². The quantitative estimate of drug-likeness (QED) is 0.907. The predicted molar refractivity (Wildman–Crippen MR) is 87.1 cm³/mol. The zero-order chi connectivity index (χ0) is 14.3. The third-order valence-corrected chi connectivity index (χ3v) is 5.37. The minimum absolute atomic E-state index is 0.461. The van der Waals surface area contributed by atoms with Crippen molar-refractivity contribution < 1.29 is 4.90 Å².